The smallest absolute Gasteiger partial charge is 0.332 e. The molecule has 2 heterocycles. The minimum atomic E-state index is -1.43. The maximum Gasteiger partial charge on any atom is 0.332 e. The first-order valence-electron chi connectivity index (χ1n) is 9.61. The molecule has 3 aromatic rings. The summed E-state index contributed by atoms with van der Waals surface area (Å²) in [6.07, 6.45) is 0. The first-order chi connectivity index (χ1) is 15.5. The molecule has 3 N–H and O–H groups in total. The third kappa shape index (κ3) is 5.20. The highest BCUT2D eigenvalue weighted by atomic mass is 19.1. The van der Waals surface area contributed by atoms with Gasteiger partial charge in [-0.3, -0.25) is 23.8 Å². The minimum absolute atomic E-state index is 0.00429. The Labute approximate surface area is 186 Å². The first kappa shape index (κ1) is 23.5. The Morgan fingerprint density at radius 1 is 1.21 bits per heavy atom. The van der Waals surface area contributed by atoms with E-state index in [4.69, 9.17) is 9.25 Å². The summed E-state index contributed by atoms with van der Waals surface area (Å²) in [4.78, 5) is 46.7. The number of carbonyl (C=O) groups excluding carboxylic acids is 2. The molecule has 0 fully saturated rings. The molecule has 0 saturated carbocycles. The SMILES string of the molecule is Cc1nnc(C(=O)NOC(C)(C)c2nc(C(=O)NCc3ccc(F)cc3)c(O)c(=O)n2C)o1. The fraction of sp³-hybridized carbons (Fsp3) is 0.300. The number of aromatic nitrogens is 4. The zero-order valence-corrected chi connectivity index (χ0v) is 18.2. The molecule has 33 heavy (non-hydrogen) atoms. The lowest BCUT2D eigenvalue weighted by Crippen LogP contribution is -2.40. The highest BCUT2D eigenvalue weighted by Gasteiger charge is 2.32. The van der Waals surface area contributed by atoms with Gasteiger partial charge < -0.3 is 14.8 Å². The zero-order valence-electron chi connectivity index (χ0n) is 18.2. The van der Waals surface area contributed by atoms with Gasteiger partial charge in [0.1, 0.15) is 17.2 Å². The third-order valence-electron chi connectivity index (χ3n) is 4.51. The van der Waals surface area contributed by atoms with E-state index >= 15 is 0 Å². The van der Waals surface area contributed by atoms with Crippen molar-refractivity contribution in [3.63, 3.8) is 0 Å². The molecular weight excluding hydrogens is 439 g/mol. The van der Waals surface area contributed by atoms with Crippen molar-refractivity contribution in [2.45, 2.75) is 32.9 Å². The normalized spacial score (nSPS) is 11.3. The van der Waals surface area contributed by atoms with Gasteiger partial charge in [0.15, 0.2) is 5.69 Å². The Hall–Kier alpha value is -4.13. The summed E-state index contributed by atoms with van der Waals surface area (Å²) in [7, 11) is 1.32. The van der Waals surface area contributed by atoms with Crippen LogP contribution in [0.25, 0.3) is 0 Å². The molecule has 0 bridgehead atoms. The predicted molar refractivity (Wildman–Crippen MR) is 109 cm³/mol. The Morgan fingerprint density at radius 3 is 2.48 bits per heavy atom. The lowest BCUT2D eigenvalue weighted by Gasteiger charge is -2.26. The van der Waals surface area contributed by atoms with Crippen LogP contribution in [-0.4, -0.2) is 36.7 Å². The number of carbonyl (C=O) groups is 2. The molecule has 0 spiro atoms. The number of nitrogens with zero attached hydrogens (tertiary/aromatic N) is 4. The van der Waals surface area contributed by atoms with Gasteiger partial charge in [0, 0.05) is 20.5 Å². The van der Waals surface area contributed by atoms with Gasteiger partial charge in [0.2, 0.25) is 11.6 Å². The second kappa shape index (κ2) is 9.16. The van der Waals surface area contributed by atoms with E-state index in [0.717, 1.165) is 4.57 Å². The van der Waals surface area contributed by atoms with E-state index in [1.165, 1.54) is 52.1 Å². The molecule has 2 aromatic heterocycles. The van der Waals surface area contributed by atoms with Gasteiger partial charge in [0.25, 0.3) is 11.5 Å². The van der Waals surface area contributed by atoms with E-state index in [-0.39, 0.29) is 24.2 Å². The number of hydroxylamine groups is 1. The van der Waals surface area contributed by atoms with Gasteiger partial charge in [-0.25, -0.2) is 14.9 Å². The molecule has 0 aliphatic heterocycles. The van der Waals surface area contributed by atoms with Gasteiger partial charge in [-0.1, -0.05) is 12.1 Å². The number of aromatic hydroxyl groups is 1. The van der Waals surface area contributed by atoms with E-state index < -0.39 is 40.2 Å². The molecule has 2 amide bonds. The fourth-order valence-electron chi connectivity index (χ4n) is 2.81. The summed E-state index contributed by atoms with van der Waals surface area (Å²) < 4.78 is 19.0. The van der Waals surface area contributed by atoms with Crippen LogP contribution in [-0.2, 0) is 24.0 Å². The summed E-state index contributed by atoms with van der Waals surface area (Å²) >= 11 is 0. The highest BCUT2D eigenvalue weighted by molar-refractivity contribution is 5.94. The van der Waals surface area contributed by atoms with Gasteiger partial charge in [0.05, 0.1) is 0 Å². The van der Waals surface area contributed by atoms with Crippen LogP contribution in [0, 0.1) is 12.7 Å². The number of aryl methyl sites for hydroxylation is 1. The molecule has 3 rings (SSSR count). The van der Waals surface area contributed by atoms with Gasteiger partial charge >= 0.3 is 11.8 Å². The molecule has 12 nitrogen and oxygen atoms in total. The molecule has 0 unspecified atom stereocenters. The monoisotopic (exact) mass is 460 g/mol. The molecule has 1 aromatic carbocycles. The summed E-state index contributed by atoms with van der Waals surface area (Å²) in [6.45, 7) is 4.47. The lowest BCUT2D eigenvalue weighted by molar-refractivity contribution is -0.0829. The average molecular weight is 460 g/mol. The summed E-state index contributed by atoms with van der Waals surface area (Å²) in [5.41, 5.74) is -0.148. The van der Waals surface area contributed by atoms with Crippen LogP contribution in [0.4, 0.5) is 4.39 Å². The second-order valence-electron chi connectivity index (χ2n) is 7.48. The number of rotatable bonds is 7. The van der Waals surface area contributed by atoms with Crippen LogP contribution < -0.4 is 16.4 Å². The second-order valence-corrected chi connectivity index (χ2v) is 7.48. The fourth-order valence-corrected chi connectivity index (χ4v) is 2.81. The number of benzene rings is 1. The van der Waals surface area contributed by atoms with Crippen molar-refractivity contribution in [2.75, 3.05) is 0 Å². The zero-order chi connectivity index (χ0) is 24.3. The van der Waals surface area contributed by atoms with Crippen molar-refractivity contribution >= 4 is 11.8 Å². The van der Waals surface area contributed by atoms with Gasteiger partial charge in [-0.15, -0.1) is 10.2 Å². The molecule has 0 saturated heterocycles. The van der Waals surface area contributed by atoms with Crippen LogP contribution in [0.1, 0.15) is 52.3 Å². The maximum absolute atomic E-state index is 13.0. The van der Waals surface area contributed by atoms with Crippen LogP contribution in [0.5, 0.6) is 5.75 Å². The van der Waals surface area contributed by atoms with Crippen LogP contribution >= 0.6 is 0 Å². The summed E-state index contributed by atoms with van der Waals surface area (Å²) in [5.74, 6) is -3.18. The maximum atomic E-state index is 13.0. The Balaban J connectivity index is 1.81. The van der Waals surface area contributed by atoms with E-state index in [2.05, 4.69) is 26.0 Å². The number of hydrogen-bond acceptors (Lipinski definition) is 9. The van der Waals surface area contributed by atoms with E-state index in [1.54, 1.807) is 0 Å². The van der Waals surface area contributed by atoms with E-state index in [9.17, 15) is 23.9 Å². The number of nitrogens with one attached hydrogen (secondary N) is 2. The van der Waals surface area contributed by atoms with Crippen molar-refractivity contribution in [3.8, 4) is 5.75 Å². The van der Waals surface area contributed by atoms with Crippen LogP contribution in [0.3, 0.4) is 0 Å². The summed E-state index contributed by atoms with van der Waals surface area (Å²) in [5, 5.41) is 19.8. The Morgan fingerprint density at radius 2 is 1.88 bits per heavy atom. The third-order valence-corrected chi connectivity index (χ3v) is 4.51. The van der Waals surface area contributed by atoms with Crippen molar-refractivity contribution in [1.29, 1.82) is 0 Å². The largest absolute Gasteiger partial charge is 0.501 e. The average Bonchev–Trinajstić information content (AvgIpc) is 3.21. The molecule has 0 aliphatic rings. The van der Waals surface area contributed by atoms with Crippen LogP contribution in [0.2, 0.25) is 0 Å². The topological polar surface area (TPSA) is 161 Å². The predicted octanol–water partition coefficient (Wildman–Crippen LogP) is 0.843. The molecule has 174 valence electrons. The quantitative estimate of drug-likeness (QED) is 0.434. The van der Waals surface area contributed by atoms with Crippen molar-refractivity contribution in [1.82, 2.24) is 30.5 Å². The van der Waals surface area contributed by atoms with Crippen molar-refractivity contribution in [2.24, 2.45) is 7.05 Å². The number of halogens is 1. The molecule has 0 radical (unpaired) electrons. The van der Waals surface area contributed by atoms with E-state index in [0.29, 0.717) is 5.56 Å². The van der Waals surface area contributed by atoms with Gasteiger partial charge in [-0.2, -0.15) is 0 Å². The van der Waals surface area contributed by atoms with Crippen molar-refractivity contribution < 1.29 is 28.3 Å². The molecular formula is C20H21FN6O6. The minimum Gasteiger partial charge on any atom is -0.501 e. The highest BCUT2D eigenvalue weighted by Crippen LogP contribution is 2.23. The van der Waals surface area contributed by atoms with E-state index in [1.807, 2.05) is 0 Å². The van der Waals surface area contributed by atoms with Crippen LogP contribution in [0.15, 0.2) is 33.5 Å². The lowest BCUT2D eigenvalue weighted by atomic mass is 10.1. The Kier molecular flexibility index (Phi) is 6.53. The summed E-state index contributed by atoms with van der Waals surface area (Å²) in [6, 6.07) is 5.42. The molecule has 0 aliphatic carbocycles. The van der Waals surface area contributed by atoms with Crippen molar-refractivity contribution in [3.05, 3.63) is 69.3 Å². The Bertz CT molecular complexity index is 1250. The first-order valence-corrected chi connectivity index (χ1v) is 9.61. The molecule has 13 heteroatoms. The van der Waals surface area contributed by atoms with Gasteiger partial charge in [-0.05, 0) is 31.5 Å². The molecule has 0 atom stereocenters. The number of amides is 2. The number of hydrogen-bond donors (Lipinski definition) is 3. The standard InChI is InChI=1S/C20H21FN6O6/c1-10-24-25-17(32-10)16(30)26-33-20(2,3)19-23-13(14(28)18(31)27(19)4)15(29)22-9-11-5-7-12(21)8-6-11/h5-8,28H,9H2,1-4H3,(H,22,29)(H,26,30).